The minimum atomic E-state index is 0.425. The zero-order valence-electron chi connectivity index (χ0n) is 11.9. The lowest BCUT2D eigenvalue weighted by atomic mass is 10.2. The Labute approximate surface area is 122 Å². The fourth-order valence-corrected chi connectivity index (χ4v) is 3.52. The smallest absolute Gasteiger partial charge is 0.241 e. The predicted octanol–water partition coefficient (Wildman–Crippen LogP) is 0.313. The van der Waals surface area contributed by atoms with Gasteiger partial charge in [0.15, 0.2) is 5.65 Å². The zero-order chi connectivity index (χ0) is 14.2. The van der Waals surface area contributed by atoms with Crippen molar-refractivity contribution in [3.8, 4) is 0 Å². The lowest BCUT2D eigenvalue weighted by Crippen LogP contribution is -2.37. The van der Waals surface area contributed by atoms with Crippen LogP contribution < -0.4 is 16.2 Å². The maximum Gasteiger partial charge on any atom is 0.241 e. The van der Waals surface area contributed by atoms with E-state index in [9.17, 15) is 0 Å². The fraction of sp³-hybridized carbons (Fsp3) is 0.615. The van der Waals surface area contributed by atoms with Gasteiger partial charge in [0, 0.05) is 25.7 Å². The topological polar surface area (TPSA) is 99.0 Å². The van der Waals surface area contributed by atoms with E-state index < -0.39 is 0 Å². The Hall–Kier alpha value is -1.93. The molecule has 0 amide bonds. The molecule has 1 unspecified atom stereocenters. The molecule has 4 heterocycles. The summed E-state index contributed by atoms with van der Waals surface area (Å²) in [6.45, 7) is 4.44. The van der Waals surface area contributed by atoms with Gasteiger partial charge in [-0.2, -0.15) is 15.1 Å². The van der Waals surface area contributed by atoms with Crippen LogP contribution in [0.15, 0.2) is 6.20 Å². The van der Waals surface area contributed by atoms with Crippen LogP contribution in [0.5, 0.6) is 0 Å². The van der Waals surface area contributed by atoms with Gasteiger partial charge in [0.25, 0.3) is 0 Å². The minimum Gasteiger partial charge on any atom is -0.354 e. The van der Waals surface area contributed by atoms with Gasteiger partial charge in [-0.3, -0.25) is 15.4 Å². The first kappa shape index (κ1) is 12.8. The van der Waals surface area contributed by atoms with Crippen LogP contribution >= 0.6 is 0 Å². The molecule has 0 bridgehead atoms. The predicted molar refractivity (Wildman–Crippen MR) is 80.9 cm³/mol. The molecule has 1 atom stereocenters. The summed E-state index contributed by atoms with van der Waals surface area (Å²) in [4.78, 5) is 13.8. The van der Waals surface area contributed by atoms with E-state index in [1.165, 1.54) is 25.9 Å². The number of nitrogens with one attached hydrogen (secondary N) is 2. The van der Waals surface area contributed by atoms with E-state index in [0.717, 1.165) is 36.4 Å². The average molecular weight is 288 g/mol. The summed E-state index contributed by atoms with van der Waals surface area (Å²) in [5.74, 6) is 6.84. The van der Waals surface area contributed by atoms with Gasteiger partial charge in [-0.05, 0) is 25.8 Å². The number of hydrogen-bond donors (Lipinski definition) is 3. The summed E-state index contributed by atoms with van der Waals surface area (Å²) in [6, 6.07) is 0.638. The molecule has 0 radical (unpaired) electrons. The SMILES string of the molecule is NNc1nc(N2CCCN3CCCC3C2)c2cn[nH]c2n1. The molecule has 112 valence electrons. The summed E-state index contributed by atoms with van der Waals surface area (Å²) in [7, 11) is 0. The van der Waals surface area contributed by atoms with Crippen LogP contribution in [0.1, 0.15) is 19.3 Å². The summed E-state index contributed by atoms with van der Waals surface area (Å²) in [5, 5.41) is 7.95. The number of anilines is 2. The number of nitrogens with two attached hydrogens (primary N) is 1. The fourth-order valence-electron chi connectivity index (χ4n) is 3.52. The van der Waals surface area contributed by atoms with Crippen LogP contribution in [-0.2, 0) is 0 Å². The van der Waals surface area contributed by atoms with Gasteiger partial charge in [-0.15, -0.1) is 0 Å². The van der Waals surface area contributed by atoms with Crippen molar-refractivity contribution in [3.63, 3.8) is 0 Å². The summed E-state index contributed by atoms with van der Waals surface area (Å²) in [5.41, 5.74) is 3.27. The third-order valence-corrected chi connectivity index (χ3v) is 4.52. The van der Waals surface area contributed by atoms with Gasteiger partial charge in [0.1, 0.15) is 5.82 Å². The van der Waals surface area contributed by atoms with Gasteiger partial charge in [-0.1, -0.05) is 0 Å². The van der Waals surface area contributed by atoms with Crippen molar-refractivity contribution in [3.05, 3.63) is 6.20 Å². The lowest BCUT2D eigenvalue weighted by Gasteiger charge is -2.26. The highest BCUT2D eigenvalue weighted by molar-refractivity contribution is 5.87. The van der Waals surface area contributed by atoms with E-state index in [2.05, 4.69) is 35.4 Å². The number of rotatable bonds is 2. The highest BCUT2D eigenvalue weighted by Gasteiger charge is 2.30. The molecule has 0 aliphatic carbocycles. The molecule has 2 aliphatic rings. The number of nitrogen functional groups attached to an aromatic ring is 1. The van der Waals surface area contributed by atoms with E-state index in [0.29, 0.717) is 12.0 Å². The Morgan fingerprint density at radius 2 is 2.14 bits per heavy atom. The molecular formula is C13H20N8. The second-order valence-electron chi connectivity index (χ2n) is 5.78. The Bertz CT molecular complexity index is 638. The van der Waals surface area contributed by atoms with Crippen LogP contribution in [0.25, 0.3) is 11.0 Å². The lowest BCUT2D eigenvalue weighted by molar-refractivity contribution is 0.273. The first-order chi connectivity index (χ1) is 10.3. The molecule has 2 aromatic heterocycles. The quantitative estimate of drug-likeness (QED) is 0.540. The second kappa shape index (κ2) is 5.12. The number of H-pyrrole nitrogens is 1. The molecule has 0 spiro atoms. The van der Waals surface area contributed by atoms with Crippen molar-refractivity contribution in [2.24, 2.45) is 5.84 Å². The monoisotopic (exact) mass is 288 g/mol. The van der Waals surface area contributed by atoms with Crippen molar-refractivity contribution < 1.29 is 0 Å². The van der Waals surface area contributed by atoms with Crippen molar-refractivity contribution >= 4 is 22.8 Å². The summed E-state index contributed by atoms with van der Waals surface area (Å²) >= 11 is 0. The number of hydrazine groups is 1. The zero-order valence-corrected chi connectivity index (χ0v) is 11.9. The van der Waals surface area contributed by atoms with Crippen molar-refractivity contribution in [2.45, 2.75) is 25.3 Å². The molecule has 0 aromatic carbocycles. The number of hydrogen-bond acceptors (Lipinski definition) is 7. The van der Waals surface area contributed by atoms with Gasteiger partial charge < -0.3 is 4.90 Å². The molecule has 2 fully saturated rings. The van der Waals surface area contributed by atoms with Crippen molar-refractivity contribution in [2.75, 3.05) is 36.5 Å². The number of aromatic amines is 1. The maximum atomic E-state index is 5.49. The van der Waals surface area contributed by atoms with Crippen LogP contribution in [0.2, 0.25) is 0 Å². The third kappa shape index (κ3) is 2.20. The molecular weight excluding hydrogens is 268 g/mol. The molecule has 2 saturated heterocycles. The number of aromatic nitrogens is 4. The second-order valence-corrected chi connectivity index (χ2v) is 5.78. The summed E-state index contributed by atoms with van der Waals surface area (Å²) < 4.78 is 0. The molecule has 4 N–H and O–H groups in total. The van der Waals surface area contributed by atoms with Crippen molar-refractivity contribution in [1.29, 1.82) is 0 Å². The van der Waals surface area contributed by atoms with Crippen LogP contribution in [0.3, 0.4) is 0 Å². The van der Waals surface area contributed by atoms with E-state index >= 15 is 0 Å². The molecule has 4 rings (SSSR count). The van der Waals surface area contributed by atoms with E-state index in [-0.39, 0.29) is 0 Å². The molecule has 2 aliphatic heterocycles. The Balaban J connectivity index is 1.72. The largest absolute Gasteiger partial charge is 0.354 e. The van der Waals surface area contributed by atoms with E-state index in [1.54, 1.807) is 6.20 Å². The minimum absolute atomic E-state index is 0.425. The van der Waals surface area contributed by atoms with Crippen LogP contribution in [0.4, 0.5) is 11.8 Å². The Morgan fingerprint density at radius 3 is 3.05 bits per heavy atom. The first-order valence-corrected chi connectivity index (χ1v) is 7.52. The third-order valence-electron chi connectivity index (χ3n) is 4.52. The Morgan fingerprint density at radius 1 is 1.24 bits per heavy atom. The molecule has 8 nitrogen and oxygen atoms in total. The molecule has 21 heavy (non-hydrogen) atoms. The molecule has 2 aromatic rings. The molecule has 0 saturated carbocycles. The van der Waals surface area contributed by atoms with Gasteiger partial charge >= 0.3 is 0 Å². The first-order valence-electron chi connectivity index (χ1n) is 7.52. The Kier molecular flexibility index (Phi) is 3.12. The normalized spacial score (nSPS) is 23.3. The standard InChI is InChI=1S/C13H20N8/c14-18-13-16-11-10(7-15-19-11)12(17-13)21-6-2-5-20-4-1-3-9(20)8-21/h7,9H,1-6,8,14H2,(H2,15,16,17,18,19). The van der Waals surface area contributed by atoms with Gasteiger partial charge in [0.05, 0.1) is 11.6 Å². The number of fused-ring (bicyclic) bond motifs is 2. The summed E-state index contributed by atoms with van der Waals surface area (Å²) in [6.07, 6.45) is 5.53. The van der Waals surface area contributed by atoms with Crippen molar-refractivity contribution in [1.82, 2.24) is 25.1 Å². The average Bonchev–Trinajstić information content (AvgIpc) is 3.10. The van der Waals surface area contributed by atoms with Crippen LogP contribution in [0, 0.1) is 0 Å². The number of nitrogens with zero attached hydrogens (tertiary/aromatic N) is 5. The van der Waals surface area contributed by atoms with Crippen LogP contribution in [-0.4, -0.2) is 57.3 Å². The highest BCUT2D eigenvalue weighted by atomic mass is 15.3. The van der Waals surface area contributed by atoms with Gasteiger partial charge in [0.2, 0.25) is 5.95 Å². The highest BCUT2D eigenvalue weighted by Crippen LogP contribution is 2.28. The van der Waals surface area contributed by atoms with Gasteiger partial charge in [-0.25, -0.2) is 5.84 Å². The molecule has 8 heteroatoms. The maximum absolute atomic E-state index is 5.49. The van der Waals surface area contributed by atoms with E-state index in [1.807, 2.05) is 0 Å². The van der Waals surface area contributed by atoms with E-state index in [4.69, 9.17) is 5.84 Å².